The third kappa shape index (κ3) is 3.59. The molecule has 0 unspecified atom stereocenters. The first-order chi connectivity index (χ1) is 10.8. The molecule has 4 heteroatoms. The highest BCUT2D eigenvalue weighted by Crippen LogP contribution is 2.23. The van der Waals surface area contributed by atoms with Gasteiger partial charge in [-0.3, -0.25) is 4.79 Å². The van der Waals surface area contributed by atoms with Crippen molar-refractivity contribution >= 4 is 17.2 Å². The molecular weight excluding hydrogens is 292 g/mol. The minimum atomic E-state index is -0.116. The number of carbonyl (C=O) groups excluding carboxylic acids is 1. The van der Waals surface area contributed by atoms with Gasteiger partial charge < -0.3 is 5.32 Å². The first-order valence-corrected chi connectivity index (χ1v) is 8.04. The number of benzene rings is 2. The molecule has 3 rings (SSSR count). The van der Waals surface area contributed by atoms with Crippen molar-refractivity contribution in [2.24, 2.45) is 0 Å². The molecule has 1 aromatic heterocycles. The van der Waals surface area contributed by atoms with E-state index in [9.17, 15) is 4.79 Å². The Labute approximate surface area is 133 Å². The summed E-state index contributed by atoms with van der Waals surface area (Å²) in [4.78, 5) is 16.5. The number of carbonyl (C=O) groups is 1. The van der Waals surface area contributed by atoms with Crippen LogP contribution in [0.15, 0.2) is 66.0 Å². The Morgan fingerprint density at radius 1 is 1.00 bits per heavy atom. The van der Waals surface area contributed by atoms with Crippen LogP contribution in [0.2, 0.25) is 0 Å². The highest BCUT2D eigenvalue weighted by Gasteiger charge is 2.11. The number of hydrogen-bond donors (Lipinski definition) is 1. The number of hydrogen-bond acceptors (Lipinski definition) is 3. The van der Waals surface area contributed by atoms with Crippen LogP contribution >= 0.6 is 11.3 Å². The molecule has 1 amide bonds. The van der Waals surface area contributed by atoms with Crippen molar-refractivity contribution in [2.45, 2.75) is 6.42 Å². The minimum absolute atomic E-state index is 0.116. The van der Waals surface area contributed by atoms with E-state index in [0.29, 0.717) is 12.2 Å². The summed E-state index contributed by atoms with van der Waals surface area (Å²) in [6.07, 6.45) is 0.822. The van der Waals surface area contributed by atoms with Gasteiger partial charge >= 0.3 is 0 Å². The molecule has 1 heterocycles. The molecule has 0 atom stereocenters. The molecule has 0 aliphatic rings. The summed E-state index contributed by atoms with van der Waals surface area (Å²) in [6.45, 7) is 0.612. The highest BCUT2D eigenvalue weighted by atomic mass is 32.1. The van der Waals surface area contributed by atoms with Gasteiger partial charge in [0, 0.05) is 17.5 Å². The normalized spacial score (nSPS) is 10.4. The second kappa shape index (κ2) is 7.00. The fourth-order valence-corrected chi connectivity index (χ4v) is 2.95. The van der Waals surface area contributed by atoms with Gasteiger partial charge in [-0.25, -0.2) is 4.98 Å². The maximum absolute atomic E-state index is 12.1. The molecule has 0 saturated carbocycles. The maximum Gasteiger partial charge on any atom is 0.270 e. The van der Waals surface area contributed by atoms with E-state index in [1.54, 1.807) is 5.38 Å². The highest BCUT2D eigenvalue weighted by molar-refractivity contribution is 7.13. The zero-order valence-electron chi connectivity index (χ0n) is 12.0. The van der Waals surface area contributed by atoms with Crippen molar-refractivity contribution in [3.8, 4) is 10.6 Å². The molecule has 0 bridgehead atoms. The van der Waals surface area contributed by atoms with Crippen molar-refractivity contribution in [3.63, 3.8) is 0 Å². The van der Waals surface area contributed by atoms with Gasteiger partial charge in [0.25, 0.3) is 5.91 Å². The lowest BCUT2D eigenvalue weighted by molar-refractivity contribution is 0.0950. The summed E-state index contributed by atoms with van der Waals surface area (Å²) >= 11 is 1.49. The number of nitrogens with one attached hydrogen (secondary N) is 1. The van der Waals surface area contributed by atoms with E-state index in [-0.39, 0.29) is 5.91 Å². The fourth-order valence-electron chi connectivity index (χ4n) is 2.15. The van der Waals surface area contributed by atoms with E-state index < -0.39 is 0 Å². The Balaban J connectivity index is 1.58. The van der Waals surface area contributed by atoms with Crippen LogP contribution in [0.4, 0.5) is 0 Å². The van der Waals surface area contributed by atoms with Crippen molar-refractivity contribution in [1.29, 1.82) is 0 Å². The number of nitrogens with zero attached hydrogens (tertiary/aromatic N) is 1. The SMILES string of the molecule is O=C(NCCc1ccccc1)c1csc(-c2ccccc2)n1. The smallest absolute Gasteiger partial charge is 0.270 e. The van der Waals surface area contributed by atoms with Crippen molar-refractivity contribution in [3.05, 3.63) is 77.3 Å². The molecule has 110 valence electrons. The summed E-state index contributed by atoms with van der Waals surface area (Å²) in [5, 5.41) is 5.59. The van der Waals surface area contributed by atoms with Gasteiger partial charge in [0.1, 0.15) is 10.7 Å². The summed E-state index contributed by atoms with van der Waals surface area (Å²) in [5.41, 5.74) is 2.74. The molecule has 3 nitrogen and oxygen atoms in total. The van der Waals surface area contributed by atoms with Crippen LogP contribution in [-0.4, -0.2) is 17.4 Å². The van der Waals surface area contributed by atoms with Gasteiger partial charge in [0.05, 0.1) is 0 Å². The standard InChI is InChI=1S/C18H16N2OS/c21-17(19-12-11-14-7-3-1-4-8-14)16-13-22-18(20-16)15-9-5-2-6-10-15/h1-10,13H,11-12H2,(H,19,21). The third-order valence-corrected chi connectivity index (χ3v) is 4.19. The molecular formula is C18H16N2OS. The molecule has 0 aliphatic heterocycles. The molecule has 3 aromatic rings. The van der Waals surface area contributed by atoms with E-state index in [0.717, 1.165) is 17.0 Å². The zero-order chi connectivity index (χ0) is 15.2. The van der Waals surface area contributed by atoms with Crippen LogP contribution in [0, 0.1) is 0 Å². The number of thiazole rings is 1. The van der Waals surface area contributed by atoms with Crippen molar-refractivity contribution < 1.29 is 4.79 Å². The predicted molar refractivity (Wildman–Crippen MR) is 90.0 cm³/mol. The van der Waals surface area contributed by atoms with Gasteiger partial charge in [-0.15, -0.1) is 11.3 Å². The number of rotatable bonds is 5. The van der Waals surface area contributed by atoms with E-state index >= 15 is 0 Å². The van der Waals surface area contributed by atoms with Gasteiger partial charge in [-0.05, 0) is 12.0 Å². The van der Waals surface area contributed by atoms with Crippen LogP contribution in [0.3, 0.4) is 0 Å². The van der Waals surface area contributed by atoms with Gasteiger partial charge in [-0.2, -0.15) is 0 Å². The zero-order valence-corrected chi connectivity index (χ0v) is 12.8. The van der Waals surface area contributed by atoms with E-state index in [1.165, 1.54) is 16.9 Å². The lowest BCUT2D eigenvalue weighted by Gasteiger charge is -2.03. The average Bonchev–Trinajstić information content (AvgIpc) is 3.07. The third-order valence-electron chi connectivity index (χ3n) is 3.30. The monoisotopic (exact) mass is 308 g/mol. The van der Waals surface area contributed by atoms with E-state index in [4.69, 9.17) is 0 Å². The van der Waals surface area contributed by atoms with E-state index in [1.807, 2.05) is 48.5 Å². The molecule has 0 aliphatic carbocycles. The van der Waals surface area contributed by atoms with Gasteiger partial charge in [-0.1, -0.05) is 60.7 Å². The second-order valence-electron chi connectivity index (χ2n) is 4.90. The second-order valence-corrected chi connectivity index (χ2v) is 5.75. The Morgan fingerprint density at radius 2 is 1.68 bits per heavy atom. The minimum Gasteiger partial charge on any atom is -0.350 e. The molecule has 1 N–H and O–H groups in total. The largest absolute Gasteiger partial charge is 0.350 e. The van der Waals surface area contributed by atoms with Crippen molar-refractivity contribution in [1.82, 2.24) is 10.3 Å². The summed E-state index contributed by atoms with van der Waals surface area (Å²) in [5.74, 6) is -0.116. The van der Waals surface area contributed by atoms with Crippen LogP contribution < -0.4 is 5.32 Å². The van der Waals surface area contributed by atoms with Gasteiger partial charge in [0.2, 0.25) is 0 Å². The van der Waals surface area contributed by atoms with Crippen LogP contribution in [0.25, 0.3) is 10.6 Å². The Hall–Kier alpha value is -2.46. The first kappa shape index (κ1) is 14.5. The lowest BCUT2D eigenvalue weighted by Crippen LogP contribution is -2.25. The summed E-state index contributed by atoms with van der Waals surface area (Å²) in [6, 6.07) is 20.0. The lowest BCUT2D eigenvalue weighted by atomic mass is 10.1. The molecule has 22 heavy (non-hydrogen) atoms. The Morgan fingerprint density at radius 3 is 2.41 bits per heavy atom. The molecule has 0 radical (unpaired) electrons. The molecule has 0 fully saturated rings. The summed E-state index contributed by atoms with van der Waals surface area (Å²) in [7, 11) is 0. The molecule has 2 aromatic carbocycles. The average molecular weight is 308 g/mol. The van der Waals surface area contributed by atoms with Crippen molar-refractivity contribution in [2.75, 3.05) is 6.54 Å². The quantitative estimate of drug-likeness (QED) is 0.779. The number of aromatic nitrogens is 1. The van der Waals surface area contributed by atoms with E-state index in [2.05, 4.69) is 22.4 Å². The summed E-state index contributed by atoms with van der Waals surface area (Å²) < 4.78 is 0. The van der Waals surface area contributed by atoms with Gasteiger partial charge in [0.15, 0.2) is 0 Å². The van der Waals surface area contributed by atoms with Crippen LogP contribution in [-0.2, 0) is 6.42 Å². The topological polar surface area (TPSA) is 42.0 Å². The molecule has 0 spiro atoms. The Kier molecular flexibility index (Phi) is 4.61. The molecule has 0 saturated heterocycles. The van der Waals surface area contributed by atoms with Crippen LogP contribution in [0.1, 0.15) is 16.1 Å². The first-order valence-electron chi connectivity index (χ1n) is 7.16. The predicted octanol–water partition coefficient (Wildman–Crippen LogP) is 3.78. The maximum atomic E-state index is 12.1. The fraction of sp³-hybridized carbons (Fsp3) is 0.111. The number of amides is 1. The Bertz CT molecular complexity index is 738. The van der Waals surface area contributed by atoms with Crippen LogP contribution in [0.5, 0.6) is 0 Å².